The molecule has 0 radical (unpaired) electrons. The lowest BCUT2D eigenvalue weighted by molar-refractivity contribution is 0.0858. The van der Waals surface area contributed by atoms with Gasteiger partial charge in [0.2, 0.25) is 0 Å². The van der Waals surface area contributed by atoms with Gasteiger partial charge in [0, 0.05) is 43.2 Å². The molecule has 0 aromatic heterocycles. The molecule has 7 nitrogen and oxygen atoms in total. The summed E-state index contributed by atoms with van der Waals surface area (Å²) in [5.74, 6) is 0.222. The first-order chi connectivity index (χ1) is 15.1. The van der Waals surface area contributed by atoms with E-state index in [1.807, 2.05) is 12.1 Å². The Kier molecular flexibility index (Phi) is 6.72. The first kappa shape index (κ1) is 21.2. The minimum atomic E-state index is -0.251. The Morgan fingerprint density at radius 3 is 2.68 bits per heavy atom. The molecular formula is C24H29N3O4. The van der Waals surface area contributed by atoms with Crippen LogP contribution in [0.2, 0.25) is 0 Å². The second kappa shape index (κ2) is 9.83. The summed E-state index contributed by atoms with van der Waals surface area (Å²) in [6.45, 7) is 3.12. The maximum Gasteiger partial charge on any atom is 0.255 e. The van der Waals surface area contributed by atoms with Gasteiger partial charge in [-0.1, -0.05) is 6.07 Å². The summed E-state index contributed by atoms with van der Waals surface area (Å²) in [7, 11) is 1.57. The Hall–Kier alpha value is -3.06. The first-order valence-electron chi connectivity index (χ1n) is 10.9. The lowest BCUT2D eigenvalue weighted by atomic mass is 10.1. The van der Waals surface area contributed by atoms with Crippen LogP contribution in [0.3, 0.4) is 0 Å². The zero-order valence-electron chi connectivity index (χ0n) is 17.9. The maximum atomic E-state index is 13.0. The molecule has 0 aliphatic carbocycles. The summed E-state index contributed by atoms with van der Waals surface area (Å²) in [5, 5.41) is 5.91. The Bertz CT molecular complexity index is 934. The summed E-state index contributed by atoms with van der Waals surface area (Å²) in [6.07, 6.45) is 4.31. The molecule has 1 unspecified atom stereocenters. The molecule has 7 heteroatoms. The van der Waals surface area contributed by atoms with Gasteiger partial charge in [-0.25, -0.2) is 0 Å². The van der Waals surface area contributed by atoms with Crippen molar-refractivity contribution in [2.75, 3.05) is 43.6 Å². The summed E-state index contributed by atoms with van der Waals surface area (Å²) < 4.78 is 10.8. The largest absolute Gasteiger partial charge is 0.497 e. The average Bonchev–Trinajstić information content (AvgIpc) is 3.52. The third kappa shape index (κ3) is 5.17. The van der Waals surface area contributed by atoms with Gasteiger partial charge in [-0.15, -0.1) is 0 Å². The van der Waals surface area contributed by atoms with Crippen molar-refractivity contribution < 1.29 is 19.1 Å². The number of nitrogens with zero attached hydrogens (tertiary/aromatic N) is 1. The molecular weight excluding hydrogens is 394 g/mol. The van der Waals surface area contributed by atoms with E-state index in [0.717, 1.165) is 51.1 Å². The van der Waals surface area contributed by atoms with E-state index in [0.29, 0.717) is 29.1 Å². The van der Waals surface area contributed by atoms with Crippen molar-refractivity contribution in [2.45, 2.75) is 31.8 Å². The number of ether oxygens (including phenoxy) is 2. The maximum absolute atomic E-state index is 13.0. The van der Waals surface area contributed by atoms with Crippen LogP contribution in [0.1, 0.15) is 46.4 Å². The predicted octanol–water partition coefficient (Wildman–Crippen LogP) is 3.46. The quantitative estimate of drug-likeness (QED) is 0.713. The van der Waals surface area contributed by atoms with Crippen molar-refractivity contribution in [3.05, 3.63) is 53.6 Å². The van der Waals surface area contributed by atoms with Crippen LogP contribution in [0.15, 0.2) is 42.5 Å². The molecule has 0 saturated carbocycles. The number of amides is 2. The van der Waals surface area contributed by atoms with Gasteiger partial charge in [-0.05, 0) is 62.1 Å². The molecule has 2 fully saturated rings. The van der Waals surface area contributed by atoms with E-state index in [9.17, 15) is 9.59 Å². The Labute approximate surface area is 182 Å². The van der Waals surface area contributed by atoms with Gasteiger partial charge in [0.05, 0.1) is 18.8 Å². The highest BCUT2D eigenvalue weighted by Gasteiger charge is 2.22. The average molecular weight is 424 g/mol. The fourth-order valence-electron chi connectivity index (χ4n) is 4.10. The zero-order chi connectivity index (χ0) is 21.6. The molecule has 1 atom stereocenters. The smallest absolute Gasteiger partial charge is 0.255 e. The van der Waals surface area contributed by atoms with Crippen LogP contribution >= 0.6 is 0 Å². The highest BCUT2D eigenvalue weighted by Crippen LogP contribution is 2.28. The molecule has 2 aromatic carbocycles. The van der Waals surface area contributed by atoms with E-state index < -0.39 is 0 Å². The zero-order valence-corrected chi connectivity index (χ0v) is 17.9. The van der Waals surface area contributed by atoms with Gasteiger partial charge in [0.1, 0.15) is 5.75 Å². The van der Waals surface area contributed by atoms with Gasteiger partial charge in [-0.2, -0.15) is 0 Å². The van der Waals surface area contributed by atoms with Crippen molar-refractivity contribution in [2.24, 2.45) is 0 Å². The van der Waals surface area contributed by atoms with Crippen molar-refractivity contribution in [1.29, 1.82) is 0 Å². The Balaban J connectivity index is 1.53. The van der Waals surface area contributed by atoms with Gasteiger partial charge < -0.3 is 25.0 Å². The van der Waals surface area contributed by atoms with E-state index >= 15 is 0 Å². The van der Waals surface area contributed by atoms with E-state index in [1.165, 1.54) is 0 Å². The van der Waals surface area contributed by atoms with Crippen molar-refractivity contribution in [3.63, 3.8) is 0 Å². The molecule has 2 N–H and O–H groups in total. The Morgan fingerprint density at radius 2 is 1.94 bits per heavy atom. The SMILES string of the molecule is COc1cccc(C(=O)Nc2ccc(N3CCCC3)c(C(=O)NCC3CCCO3)c2)c1. The molecule has 2 amide bonds. The van der Waals surface area contributed by atoms with E-state index in [1.54, 1.807) is 37.4 Å². The van der Waals surface area contributed by atoms with Gasteiger partial charge in [0.25, 0.3) is 11.8 Å². The molecule has 2 heterocycles. The molecule has 2 aromatic rings. The normalized spacial score (nSPS) is 18.1. The molecule has 2 aliphatic rings. The van der Waals surface area contributed by atoms with Crippen molar-refractivity contribution in [3.8, 4) is 5.75 Å². The van der Waals surface area contributed by atoms with Gasteiger partial charge in [-0.3, -0.25) is 9.59 Å². The van der Waals surface area contributed by atoms with Crippen molar-refractivity contribution in [1.82, 2.24) is 5.32 Å². The second-order valence-corrected chi connectivity index (χ2v) is 7.96. The molecule has 2 aliphatic heterocycles. The highest BCUT2D eigenvalue weighted by atomic mass is 16.5. The Morgan fingerprint density at radius 1 is 1.10 bits per heavy atom. The van der Waals surface area contributed by atoms with Gasteiger partial charge >= 0.3 is 0 Å². The minimum absolute atomic E-state index is 0.0788. The van der Waals surface area contributed by atoms with Crippen LogP contribution in [0.25, 0.3) is 0 Å². The van der Waals surface area contributed by atoms with Gasteiger partial charge in [0.15, 0.2) is 0 Å². The topological polar surface area (TPSA) is 79.9 Å². The number of anilines is 2. The molecule has 164 valence electrons. The van der Waals surface area contributed by atoms with Crippen molar-refractivity contribution >= 4 is 23.2 Å². The summed E-state index contributed by atoms with van der Waals surface area (Å²) in [6, 6.07) is 12.5. The first-order valence-corrected chi connectivity index (χ1v) is 10.9. The number of rotatable bonds is 7. The fraction of sp³-hybridized carbons (Fsp3) is 0.417. The molecule has 0 spiro atoms. The fourth-order valence-corrected chi connectivity index (χ4v) is 4.10. The number of methoxy groups -OCH3 is 1. The second-order valence-electron chi connectivity index (χ2n) is 7.96. The molecule has 0 bridgehead atoms. The van der Waals surface area contributed by atoms with E-state index in [-0.39, 0.29) is 17.9 Å². The number of nitrogens with one attached hydrogen (secondary N) is 2. The van der Waals surface area contributed by atoms with Crippen LogP contribution in [-0.4, -0.2) is 51.3 Å². The number of benzene rings is 2. The van der Waals surface area contributed by atoms with Crippen LogP contribution in [0, 0.1) is 0 Å². The lowest BCUT2D eigenvalue weighted by Gasteiger charge is -2.22. The number of hydrogen-bond acceptors (Lipinski definition) is 5. The van der Waals surface area contributed by atoms with Crippen LogP contribution in [-0.2, 0) is 4.74 Å². The van der Waals surface area contributed by atoms with Crippen LogP contribution in [0.4, 0.5) is 11.4 Å². The number of carbonyl (C=O) groups excluding carboxylic acids is 2. The minimum Gasteiger partial charge on any atom is -0.497 e. The van der Waals surface area contributed by atoms with Crippen LogP contribution < -0.4 is 20.3 Å². The summed E-state index contributed by atoms with van der Waals surface area (Å²) in [5.41, 5.74) is 2.55. The van der Waals surface area contributed by atoms with Crippen LogP contribution in [0.5, 0.6) is 5.75 Å². The predicted molar refractivity (Wildman–Crippen MR) is 120 cm³/mol. The van der Waals surface area contributed by atoms with E-state index in [4.69, 9.17) is 9.47 Å². The number of carbonyl (C=O) groups is 2. The standard InChI is InChI=1S/C24H29N3O4/c1-30-19-7-4-6-17(14-19)23(28)26-18-9-10-22(27-11-2-3-12-27)21(15-18)24(29)25-16-20-8-5-13-31-20/h4,6-7,9-10,14-15,20H,2-3,5,8,11-13,16H2,1H3,(H,25,29)(H,26,28). The van der Waals surface area contributed by atoms with E-state index in [2.05, 4.69) is 15.5 Å². The third-order valence-corrected chi connectivity index (χ3v) is 5.79. The monoisotopic (exact) mass is 423 g/mol. The summed E-state index contributed by atoms with van der Waals surface area (Å²) in [4.78, 5) is 28.0. The number of hydrogen-bond donors (Lipinski definition) is 2. The molecule has 2 saturated heterocycles. The third-order valence-electron chi connectivity index (χ3n) is 5.79. The molecule has 4 rings (SSSR count). The highest BCUT2D eigenvalue weighted by molar-refractivity contribution is 6.06. The molecule has 31 heavy (non-hydrogen) atoms. The summed E-state index contributed by atoms with van der Waals surface area (Å²) >= 11 is 0. The lowest BCUT2D eigenvalue weighted by Crippen LogP contribution is -2.33.